The number of aromatic nitrogens is 2. The van der Waals surface area contributed by atoms with Gasteiger partial charge in [-0.15, -0.1) is 0 Å². The summed E-state index contributed by atoms with van der Waals surface area (Å²) in [5, 5.41) is 3.38. The normalized spacial score (nSPS) is 14.3. The van der Waals surface area contributed by atoms with Gasteiger partial charge < -0.3 is 15.1 Å². The highest BCUT2D eigenvalue weighted by Gasteiger charge is 2.21. The zero-order valence-corrected chi connectivity index (χ0v) is 15.6. The van der Waals surface area contributed by atoms with Crippen LogP contribution in [0.1, 0.15) is 17.3 Å². The van der Waals surface area contributed by atoms with Crippen molar-refractivity contribution >= 4 is 46.7 Å². The van der Waals surface area contributed by atoms with Crippen LogP contribution >= 0.6 is 23.2 Å². The molecule has 0 unspecified atom stereocenters. The molecule has 9 heteroatoms. The second-order valence-electron chi connectivity index (χ2n) is 5.82. The highest BCUT2D eigenvalue weighted by Crippen LogP contribution is 2.30. The Kier molecular flexibility index (Phi) is 5.58. The van der Waals surface area contributed by atoms with Crippen molar-refractivity contribution in [3.05, 3.63) is 46.2 Å². The van der Waals surface area contributed by atoms with Crippen LogP contribution in [-0.4, -0.2) is 52.9 Å². The molecule has 1 aromatic carbocycles. The first-order valence-corrected chi connectivity index (χ1v) is 8.79. The molecule has 2 heterocycles. The van der Waals surface area contributed by atoms with Gasteiger partial charge >= 0.3 is 0 Å². The number of amides is 2. The van der Waals surface area contributed by atoms with Crippen molar-refractivity contribution < 1.29 is 9.59 Å². The average molecular weight is 394 g/mol. The van der Waals surface area contributed by atoms with Gasteiger partial charge in [-0.3, -0.25) is 9.59 Å². The summed E-state index contributed by atoms with van der Waals surface area (Å²) in [5.74, 6) is 0.198. The molecule has 0 saturated carbocycles. The maximum absolute atomic E-state index is 12.4. The van der Waals surface area contributed by atoms with Crippen molar-refractivity contribution in [3.63, 3.8) is 0 Å². The number of rotatable bonds is 3. The third-order valence-electron chi connectivity index (χ3n) is 4.11. The summed E-state index contributed by atoms with van der Waals surface area (Å²) in [6.45, 7) is 4.13. The molecule has 26 heavy (non-hydrogen) atoms. The zero-order valence-electron chi connectivity index (χ0n) is 14.1. The summed E-state index contributed by atoms with van der Waals surface area (Å²) in [6.07, 6.45) is 2.92. The summed E-state index contributed by atoms with van der Waals surface area (Å²) in [7, 11) is 0. The number of hydrogen-bond donors (Lipinski definition) is 1. The molecule has 2 amide bonds. The van der Waals surface area contributed by atoms with Crippen LogP contribution < -0.4 is 10.2 Å². The van der Waals surface area contributed by atoms with E-state index in [4.69, 9.17) is 23.2 Å². The number of nitrogens with one attached hydrogen (secondary N) is 1. The minimum Gasteiger partial charge on any atom is -0.339 e. The first kappa shape index (κ1) is 18.4. The Hall–Kier alpha value is -2.38. The summed E-state index contributed by atoms with van der Waals surface area (Å²) in [5.41, 5.74) is 0.650. The smallest absolute Gasteiger partial charge is 0.258 e. The van der Waals surface area contributed by atoms with Crippen LogP contribution in [-0.2, 0) is 4.79 Å². The Morgan fingerprint density at radius 2 is 1.62 bits per heavy atom. The highest BCUT2D eigenvalue weighted by atomic mass is 35.5. The van der Waals surface area contributed by atoms with E-state index in [0.29, 0.717) is 53.4 Å². The van der Waals surface area contributed by atoms with Crippen LogP contribution in [0.2, 0.25) is 10.0 Å². The Bertz CT molecular complexity index is 800. The molecule has 1 fully saturated rings. The largest absolute Gasteiger partial charge is 0.339 e. The number of hydrogen-bond acceptors (Lipinski definition) is 5. The Morgan fingerprint density at radius 1 is 1.04 bits per heavy atom. The van der Waals surface area contributed by atoms with E-state index in [2.05, 4.69) is 15.3 Å². The number of piperazine rings is 1. The number of para-hydroxylation sites is 1. The maximum atomic E-state index is 12.4. The van der Waals surface area contributed by atoms with E-state index in [1.807, 2.05) is 4.90 Å². The molecule has 0 radical (unpaired) electrons. The molecule has 7 nitrogen and oxygen atoms in total. The monoisotopic (exact) mass is 393 g/mol. The van der Waals surface area contributed by atoms with Gasteiger partial charge in [0.25, 0.3) is 5.91 Å². The van der Waals surface area contributed by atoms with Crippen LogP contribution in [0.25, 0.3) is 0 Å². The third kappa shape index (κ3) is 4.05. The van der Waals surface area contributed by atoms with Crippen molar-refractivity contribution in [2.24, 2.45) is 0 Å². The number of carbonyl (C=O) groups is 2. The van der Waals surface area contributed by atoms with E-state index in [1.54, 1.807) is 30.0 Å². The summed E-state index contributed by atoms with van der Waals surface area (Å²) in [6, 6.07) is 4.98. The average Bonchev–Trinajstić information content (AvgIpc) is 2.65. The van der Waals surface area contributed by atoms with Gasteiger partial charge in [0.2, 0.25) is 11.9 Å². The van der Waals surface area contributed by atoms with Gasteiger partial charge in [0.05, 0.1) is 21.3 Å². The van der Waals surface area contributed by atoms with Crippen molar-refractivity contribution in [1.29, 1.82) is 0 Å². The molecular formula is C17H17Cl2N5O2. The Labute approximate surface area is 160 Å². The van der Waals surface area contributed by atoms with Crippen LogP contribution in [0.3, 0.4) is 0 Å². The number of anilines is 2. The minimum absolute atomic E-state index is 0.0656. The van der Waals surface area contributed by atoms with Gasteiger partial charge in [-0.2, -0.15) is 0 Å². The molecule has 1 saturated heterocycles. The molecular weight excluding hydrogens is 377 g/mol. The summed E-state index contributed by atoms with van der Waals surface area (Å²) in [4.78, 5) is 36.0. The second-order valence-corrected chi connectivity index (χ2v) is 6.63. The lowest BCUT2D eigenvalue weighted by atomic mass is 10.2. The van der Waals surface area contributed by atoms with Gasteiger partial charge in [0.1, 0.15) is 0 Å². The molecule has 3 rings (SSSR count). The van der Waals surface area contributed by atoms with Crippen LogP contribution in [0, 0.1) is 0 Å². The fourth-order valence-electron chi connectivity index (χ4n) is 2.63. The zero-order chi connectivity index (χ0) is 18.7. The minimum atomic E-state index is -0.395. The highest BCUT2D eigenvalue weighted by molar-refractivity contribution is 6.40. The fourth-order valence-corrected chi connectivity index (χ4v) is 3.12. The molecule has 0 spiro atoms. The standard InChI is InChI=1S/C17H17Cl2N5O2/c1-11(25)23-5-7-24(8-6-23)17-20-9-12(10-21-17)16(26)22-15-13(18)3-2-4-14(15)19/h2-4,9-10H,5-8H2,1H3,(H,22,26). The number of benzene rings is 1. The molecule has 0 atom stereocenters. The first-order chi connectivity index (χ1) is 12.5. The van der Waals surface area contributed by atoms with E-state index >= 15 is 0 Å². The molecule has 1 aromatic heterocycles. The summed E-state index contributed by atoms with van der Waals surface area (Å²) < 4.78 is 0. The second kappa shape index (κ2) is 7.88. The lowest BCUT2D eigenvalue weighted by Crippen LogP contribution is -2.48. The van der Waals surface area contributed by atoms with E-state index in [1.165, 1.54) is 12.4 Å². The number of halogens is 2. The van der Waals surface area contributed by atoms with Gasteiger partial charge in [-0.1, -0.05) is 29.3 Å². The van der Waals surface area contributed by atoms with Crippen molar-refractivity contribution in [2.45, 2.75) is 6.92 Å². The topological polar surface area (TPSA) is 78.4 Å². The lowest BCUT2D eigenvalue weighted by Gasteiger charge is -2.34. The van der Waals surface area contributed by atoms with Gasteiger partial charge in [0, 0.05) is 45.5 Å². The molecule has 1 N–H and O–H groups in total. The molecule has 0 bridgehead atoms. The van der Waals surface area contributed by atoms with Crippen LogP contribution in [0.4, 0.5) is 11.6 Å². The first-order valence-electron chi connectivity index (χ1n) is 8.03. The van der Waals surface area contributed by atoms with E-state index < -0.39 is 5.91 Å². The van der Waals surface area contributed by atoms with Crippen LogP contribution in [0.15, 0.2) is 30.6 Å². The van der Waals surface area contributed by atoms with Crippen molar-refractivity contribution in [2.75, 3.05) is 36.4 Å². The van der Waals surface area contributed by atoms with Crippen molar-refractivity contribution in [3.8, 4) is 0 Å². The number of nitrogens with zero attached hydrogens (tertiary/aromatic N) is 4. The van der Waals surface area contributed by atoms with Gasteiger partial charge in [0.15, 0.2) is 0 Å². The maximum Gasteiger partial charge on any atom is 0.258 e. The van der Waals surface area contributed by atoms with Gasteiger partial charge in [-0.25, -0.2) is 9.97 Å². The predicted molar refractivity (Wildman–Crippen MR) is 101 cm³/mol. The Balaban J connectivity index is 1.66. The lowest BCUT2D eigenvalue weighted by molar-refractivity contribution is -0.129. The molecule has 136 valence electrons. The third-order valence-corrected chi connectivity index (χ3v) is 4.74. The predicted octanol–water partition coefficient (Wildman–Crippen LogP) is 2.70. The SMILES string of the molecule is CC(=O)N1CCN(c2ncc(C(=O)Nc3c(Cl)cccc3Cl)cn2)CC1. The molecule has 1 aliphatic rings. The quantitative estimate of drug-likeness (QED) is 0.866. The fraction of sp³-hybridized carbons (Fsp3) is 0.294. The van der Waals surface area contributed by atoms with E-state index in [9.17, 15) is 9.59 Å². The molecule has 1 aliphatic heterocycles. The van der Waals surface area contributed by atoms with E-state index in [0.717, 1.165) is 0 Å². The Morgan fingerprint density at radius 3 is 2.15 bits per heavy atom. The van der Waals surface area contributed by atoms with E-state index in [-0.39, 0.29) is 5.91 Å². The summed E-state index contributed by atoms with van der Waals surface area (Å²) >= 11 is 12.1. The molecule has 2 aromatic rings. The van der Waals surface area contributed by atoms with Crippen molar-refractivity contribution in [1.82, 2.24) is 14.9 Å². The van der Waals surface area contributed by atoms with Gasteiger partial charge in [-0.05, 0) is 12.1 Å². The molecule has 0 aliphatic carbocycles. The number of carbonyl (C=O) groups excluding carboxylic acids is 2. The van der Waals surface area contributed by atoms with Crippen LogP contribution in [0.5, 0.6) is 0 Å².